The number of aliphatic hydroxyl groups is 2. The Kier molecular flexibility index (Phi) is 9.03. The SMILES string of the molecule is CC(=O)OC(OC(OC(C)=O)C(O)CCl)C(O)CCl. The molecule has 9 heteroatoms. The third-order valence-electron chi connectivity index (χ3n) is 1.78. The monoisotopic (exact) mass is 318 g/mol. The van der Waals surface area contributed by atoms with Crippen LogP contribution in [0.3, 0.4) is 0 Å². The molecule has 0 aromatic heterocycles. The summed E-state index contributed by atoms with van der Waals surface area (Å²) < 4.78 is 14.4. The number of alkyl halides is 2. The van der Waals surface area contributed by atoms with Crippen molar-refractivity contribution in [3.8, 4) is 0 Å². The number of esters is 2. The van der Waals surface area contributed by atoms with E-state index in [1.54, 1.807) is 0 Å². The lowest BCUT2D eigenvalue weighted by atomic mass is 10.3. The molecule has 0 aliphatic heterocycles. The standard InChI is InChI=1S/C10H16Cl2O7/c1-5(13)17-9(7(15)3-11)19-10(8(16)4-12)18-6(2)14/h7-10,15-16H,3-4H2,1-2H3. The summed E-state index contributed by atoms with van der Waals surface area (Å²) in [6.07, 6.45) is -5.69. The van der Waals surface area contributed by atoms with Gasteiger partial charge in [0.05, 0.1) is 11.8 Å². The van der Waals surface area contributed by atoms with Gasteiger partial charge in [-0.3, -0.25) is 14.3 Å². The Hall–Kier alpha value is -0.600. The summed E-state index contributed by atoms with van der Waals surface area (Å²) in [6, 6.07) is 0. The maximum Gasteiger partial charge on any atom is 0.305 e. The summed E-state index contributed by atoms with van der Waals surface area (Å²) >= 11 is 10.8. The summed E-state index contributed by atoms with van der Waals surface area (Å²) in [5, 5.41) is 19.0. The average Bonchev–Trinajstić information content (AvgIpc) is 2.33. The zero-order valence-electron chi connectivity index (χ0n) is 10.4. The Morgan fingerprint density at radius 3 is 1.47 bits per heavy atom. The molecule has 0 rings (SSSR count). The predicted octanol–water partition coefficient (Wildman–Crippen LogP) is -0.0192. The van der Waals surface area contributed by atoms with Gasteiger partial charge in [0, 0.05) is 13.8 Å². The highest BCUT2D eigenvalue weighted by Crippen LogP contribution is 2.13. The molecule has 0 aromatic rings. The van der Waals surface area contributed by atoms with Crippen LogP contribution < -0.4 is 0 Å². The van der Waals surface area contributed by atoms with Crippen LogP contribution in [0.1, 0.15) is 13.8 Å². The number of rotatable bonds is 8. The van der Waals surface area contributed by atoms with Crippen LogP contribution >= 0.6 is 23.2 Å². The minimum absolute atomic E-state index is 0.290. The van der Waals surface area contributed by atoms with Crippen molar-refractivity contribution in [1.29, 1.82) is 0 Å². The summed E-state index contributed by atoms with van der Waals surface area (Å²) in [4.78, 5) is 21.7. The van der Waals surface area contributed by atoms with Gasteiger partial charge in [-0.1, -0.05) is 0 Å². The van der Waals surface area contributed by atoms with Crippen LogP contribution in [-0.4, -0.2) is 58.7 Å². The first kappa shape index (κ1) is 18.4. The lowest BCUT2D eigenvalue weighted by Crippen LogP contribution is -2.43. The van der Waals surface area contributed by atoms with E-state index >= 15 is 0 Å². The van der Waals surface area contributed by atoms with E-state index in [9.17, 15) is 19.8 Å². The van der Waals surface area contributed by atoms with E-state index in [4.69, 9.17) is 27.9 Å². The van der Waals surface area contributed by atoms with Gasteiger partial charge in [-0.15, -0.1) is 23.2 Å². The van der Waals surface area contributed by atoms with Crippen LogP contribution in [-0.2, 0) is 23.8 Å². The average molecular weight is 319 g/mol. The largest absolute Gasteiger partial charge is 0.433 e. The van der Waals surface area contributed by atoms with E-state index in [2.05, 4.69) is 9.47 Å². The number of carbonyl (C=O) groups excluding carboxylic acids is 2. The molecule has 0 heterocycles. The molecule has 0 fully saturated rings. The molecule has 0 bridgehead atoms. The molecule has 0 radical (unpaired) electrons. The Labute approximate surface area is 120 Å². The van der Waals surface area contributed by atoms with Crippen LogP contribution in [0.2, 0.25) is 0 Å². The fourth-order valence-corrected chi connectivity index (χ4v) is 1.29. The van der Waals surface area contributed by atoms with Crippen LogP contribution in [0.15, 0.2) is 0 Å². The maximum absolute atomic E-state index is 10.9. The molecule has 0 spiro atoms. The molecular weight excluding hydrogens is 303 g/mol. The lowest BCUT2D eigenvalue weighted by Gasteiger charge is -2.28. The minimum Gasteiger partial charge on any atom is -0.433 e. The number of hydrogen-bond donors (Lipinski definition) is 2. The molecule has 0 aromatic carbocycles. The smallest absolute Gasteiger partial charge is 0.305 e. The third kappa shape index (κ3) is 7.54. The summed E-state index contributed by atoms with van der Waals surface area (Å²) in [5.74, 6) is -2.06. The quantitative estimate of drug-likeness (QED) is 0.368. The Balaban J connectivity index is 4.79. The highest BCUT2D eigenvalue weighted by atomic mass is 35.5. The number of ether oxygens (including phenoxy) is 3. The minimum atomic E-state index is -1.49. The molecule has 2 N–H and O–H groups in total. The highest BCUT2D eigenvalue weighted by molar-refractivity contribution is 6.18. The second kappa shape index (κ2) is 9.33. The highest BCUT2D eigenvalue weighted by Gasteiger charge is 2.31. The summed E-state index contributed by atoms with van der Waals surface area (Å²) in [7, 11) is 0. The third-order valence-corrected chi connectivity index (χ3v) is 2.41. The predicted molar refractivity (Wildman–Crippen MR) is 65.6 cm³/mol. The van der Waals surface area contributed by atoms with Gasteiger partial charge in [-0.05, 0) is 0 Å². The van der Waals surface area contributed by atoms with Crippen molar-refractivity contribution in [3.63, 3.8) is 0 Å². The summed E-state index contributed by atoms with van der Waals surface area (Å²) in [6.45, 7) is 2.19. The lowest BCUT2D eigenvalue weighted by molar-refractivity contribution is -0.274. The Morgan fingerprint density at radius 1 is 0.947 bits per heavy atom. The van der Waals surface area contributed by atoms with Gasteiger partial charge >= 0.3 is 11.9 Å². The van der Waals surface area contributed by atoms with Crippen LogP contribution in [0, 0.1) is 0 Å². The number of aliphatic hydroxyl groups excluding tert-OH is 2. The van der Waals surface area contributed by atoms with Crippen LogP contribution in [0.4, 0.5) is 0 Å². The molecule has 0 saturated carbocycles. The molecule has 0 amide bonds. The first-order valence-electron chi connectivity index (χ1n) is 5.29. The molecule has 19 heavy (non-hydrogen) atoms. The molecule has 4 atom stereocenters. The first-order chi connectivity index (χ1) is 8.81. The zero-order chi connectivity index (χ0) is 15.0. The molecule has 4 unspecified atom stereocenters. The van der Waals surface area contributed by atoms with Crippen molar-refractivity contribution in [3.05, 3.63) is 0 Å². The van der Waals surface area contributed by atoms with Gasteiger partial charge in [0.2, 0.25) is 12.6 Å². The maximum atomic E-state index is 10.9. The van der Waals surface area contributed by atoms with E-state index in [0.717, 1.165) is 13.8 Å². The van der Waals surface area contributed by atoms with Crippen molar-refractivity contribution in [2.24, 2.45) is 0 Å². The van der Waals surface area contributed by atoms with Gasteiger partial charge in [0.15, 0.2) is 0 Å². The molecule has 0 aliphatic carbocycles. The van der Waals surface area contributed by atoms with Gasteiger partial charge in [-0.25, -0.2) is 0 Å². The fraction of sp³-hybridized carbons (Fsp3) is 0.800. The number of carbonyl (C=O) groups is 2. The first-order valence-corrected chi connectivity index (χ1v) is 6.36. The van der Waals surface area contributed by atoms with E-state index in [1.807, 2.05) is 0 Å². The topological polar surface area (TPSA) is 102 Å². The van der Waals surface area contributed by atoms with Gasteiger partial charge < -0.3 is 19.7 Å². The van der Waals surface area contributed by atoms with Gasteiger partial charge in [0.25, 0.3) is 0 Å². The van der Waals surface area contributed by atoms with E-state index in [-0.39, 0.29) is 11.8 Å². The van der Waals surface area contributed by atoms with E-state index in [1.165, 1.54) is 0 Å². The van der Waals surface area contributed by atoms with Crippen molar-refractivity contribution < 1.29 is 34.0 Å². The van der Waals surface area contributed by atoms with Crippen LogP contribution in [0.5, 0.6) is 0 Å². The number of hydrogen-bond acceptors (Lipinski definition) is 7. The Bertz CT molecular complexity index is 272. The van der Waals surface area contributed by atoms with Crippen LogP contribution in [0.25, 0.3) is 0 Å². The molecular formula is C10H16Cl2O7. The van der Waals surface area contributed by atoms with Crippen molar-refractivity contribution in [2.75, 3.05) is 11.8 Å². The normalized spacial score (nSPS) is 17.2. The van der Waals surface area contributed by atoms with Gasteiger partial charge in [-0.2, -0.15) is 0 Å². The second-order valence-corrected chi connectivity index (χ2v) is 4.15. The molecule has 0 aliphatic rings. The second-order valence-electron chi connectivity index (χ2n) is 3.54. The molecule has 112 valence electrons. The summed E-state index contributed by atoms with van der Waals surface area (Å²) in [5.41, 5.74) is 0. The fourth-order valence-electron chi connectivity index (χ4n) is 0.999. The van der Waals surface area contributed by atoms with E-state index in [0.29, 0.717) is 0 Å². The Morgan fingerprint density at radius 2 is 1.26 bits per heavy atom. The zero-order valence-corrected chi connectivity index (χ0v) is 11.9. The molecule has 0 saturated heterocycles. The number of halogens is 2. The van der Waals surface area contributed by atoms with Crippen molar-refractivity contribution >= 4 is 35.1 Å². The van der Waals surface area contributed by atoms with Crippen molar-refractivity contribution in [2.45, 2.75) is 38.6 Å². The van der Waals surface area contributed by atoms with Gasteiger partial charge in [0.1, 0.15) is 12.2 Å². The molecule has 7 nitrogen and oxygen atoms in total. The van der Waals surface area contributed by atoms with E-state index < -0.39 is 36.7 Å². The van der Waals surface area contributed by atoms with Crippen molar-refractivity contribution in [1.82, 2.24) is 0 Å².